The maximum atomic E-state index is 14.4. The molecule has 0 N–H and O–H groups in total. The second-order valence-electron chi connectivity index (χ2n) is 8.47. The van der Waals surface area contributed by atoms with E-state index in [9.17, 15) is 8.78 Å². The fourth-order valence-corrected chi connectivity index (χ4v) is 4.52. The summed E-state index contributed by atoms with van der Waals surface area (Å²) in [5.41, 5.74) is 2.55. The Morgan fingerprint density at radius 2 is 1.60 bits per heavy atom. The van der Waals surface area contributed by atoms with E-state index in [4.69, 9.17) is 4.74 Å². The molecule has 0 bridgehead atoms. The van der Waals surface area contributed by atoms with E-state index in [1.165, 1.54) is 18.2 Å². The smallest absolute Gasteiger partial charge is 0.173 e. The van der Waals surface area contributed by atoms with Gasteiger partial charge in [-0.3, -0.25) is 4.90 Å². The number of tetrazole rings is 1. The molecule has 0 aliphatic carbocycles. The zero-order chi connectivity index (χ0) is 24.2. The van der Waals surface area contributed by atoms with Crippen molar-refractivity contribution in [2.45, 2.75) is 12.6 Å². The van der Waals surface area contributed by atoms with Crippen molar-refractivity contribution in [2.24, 2.45) is 0 Å². The van der Waals surface area contributed by atoms with Gasteiger partial charge in [0.25, 0.3) is 0 Å². The van der Waals surface area contributed by atoms with E-state index in [-0.39, 0.29) is 17.7 Å². The number of halogens is 2. The van der Waals surface area contributed by atoms with E-state index in [1.807, 2.05) is 36.4 Å². The van der Waals surface area contributed by atoms with Crippen molar-refractivity contribution >= 4 is 5.69 Å². The second-order valence-corrected chi connectivity index (χ2v) is 8.47. The summed E-state index contributed by atoms with van der Waals surface area (Å²) < 4.78 is 34.8. The molecular weight excluding hydrogens is 450 g/mol. The van der Waals surface area contributed by atoms with Crippen LogP contribution in [0.1, 0.15) is 23.0 Å². The van der Waals surface area contributed by atoms with E-state index in [0.29, 0.717) is 44.2 Å². The van der Waals surface area contributed by atoms with Gasteiger partial charge in [0.05, 0.1) is 25.4 Å². The third kappa shape index (κ3) is 5.00. The molecular formula is C26H26F2N6O. The molecule has 1 aliphatic heterocycles. The first kappa shape index (κ1) is 22.9. The number of para-hydroxylation sites is 1. The Morgan fingerprint density at radius 3 is 2.29 bits per heavy atom. The number of rotatable bonds is 7. The average molecular weight is 477 g/mol. The van der Waals surface area contributed by atoms with Crippen LogP contribution < -0.4 is 9.64 Å². The minimum Gasteiger partial charge on any atom is -0.497 e. The molecule has 0 radical (unpaired) electrons. The molecule has 5 rings (SSSR count). The molecule has 1 aromatic heterocycles. The zero-order valence-electron chi connectivity index (χ0n) is 19.4. The van der Waals surface area contributed by atoms with Crippen LogP contribution in [0.2, 0.25) is 0 Å². The lowest BCUT2D eigenvalue weighted by molar-refractivity contribution is 0.201. The number of anilines is 1. The molecule has 1 aliphatic rings. The highest BCUT2D eigenvalue weighted by Crippen LogP contribution is 2.31. The van der Waals surface area contributed by atoms with E-state index in [2.05, 4.69) is 25.3 Å². The molecule has 0 saturated carbocycles. The summed E-state index contributed by atoms with van der Waals surface area (Å²) in [4.78, 5) is 4.38. The highest BCUT2D eigenvalue weighted by atomic mass is 19.1. The van der Waals surface area contributed by atoms with Gasteiger partial charge in [0.2, 0.25) is 0 Å². The van der Waals surface area contributed by atoms with Crippen LogP contribution in [-0.4, -0.2) is 58.4 Å². The molecule has 7 nitrogen and oxygen atoms in total. The molecule has 35 heavy (non-hydrogen) atoms. The van der Waals surface area contributed by atoms with Crippen LogP contribution in [0.15, 0.2) is 72.8 Å². The summed E-state index contributed by atoms with van der Waals surface area (Å²) in [6.45, 7) is 3.17. The number of hydrogen-bond acceptors (Lipinski definition) is 6. The number of piperazine rings is 1. The fraction of sp³-hybridized carbons (Fsp3) is 0.269. The first-order chi connectivity index (χ1) is 17.1. The molecule has 0 spiro atoms. The Hall–Kier alpha value is -3.85. The van der Waals surface area contributed by atoms with Crippen molar-refractivity contribution in [3.8, 4) is 5.75 Å². The minimum absolute atomic E-state index is 0.209. The van der Waals surface area contributed by atoms with Crippen molar-refractivity contribution < 1.29 is 13.5 Å². The molecule has 1 unspecified atom stereocenters. The lowest BCUT2D eigenvalue weighted by Crippen LogP contribution is -2.48. The third-order valence-electron chi connectivity index (χ3n) is 6.35. The van der Waals surface area contributed by atoms with Crippen molar-refractivity contribution in [3.63, 3.8) is 0 Å². The molecule has 1 saturated heterocycles. The Morgan fingerprint density at radius 1 is 0.886 bits per heavy atom. The first-order valence-corrected chi connectivity index (χ1v) is 11.5. The number of ether oxygens (including phenoxy) is 1. The number of aromatic nitrogens is 4. The SMILES string of the molecule is COc1ccc(C(c2nnnn2Cc2ccc(F)cc2)N2CCN(c3ccccc3F)CC2)cc1. The maximum Gasteiger partial charge on any atom is 0.173 e. The number of hydrogen-bond donors (Lipinski definition) is 0. The van der Waals surface area contributed by atoms with Crippen molar-refractivity contribution in [1.29, 1.82) is 0 Å². The molecule has 1 atom stereocenters. The number of benzene rings is 3. The number of methoxy groups -OCH3 is 1. The molecule has 0 amide bonds. The normalized spacial score (nSPS) is 15.2. The Labute approximate surface area is 202 Å². The summed E-state index contributed by atoms with van der Waals surface area (Å²) in [6, 6.07) is 20.9. The van der Waals surface area contributed by atoms with Crippen LogP contribution in [0, 0.1) is 11.6 Å². The van der Waals surface area contributed by atoms with E-state index < -0.39 is 0 Å². The van der Waals surface area contributed by atoms with Crippen molar-refractivity contribution in [1.82, 2.24) is 25.1 Å². The summed E-state index contributed by atoms with van der Waals surface area (Å²) in [5, 5.41) is 12.6. The predicted octanol–water partition coefficient (Wildman–Crippen LogP) is 3.92. The Kier molecular flexibility index (Phi) is 6.67. The van der Waals surface area contributed by atoms with Crippen molar-refractivity contribution in [2.75, 3.05) is 38.2 Å². The summed E-state index contributed by atoms with van der Waals surface area (Å²) in [6.07, 6.45) is 0. The van der Waals surface area contributed by atoms with Crippen LogP contribution in [0.5, 0.6) is 5.75 Å². The maximum absolute atomic E-state index is 14.4. The van der Waals surface area contributed by atoms with Gasteiger partial charge in [0.15, 0.2) is 5.82 Å². The monoisotopic (exact) mass is 476 g/mol. The van der Waals surface area contributed by atoms with Crippen LogP contribution in [-0.2, 0) is 6.54 Å². The number of nitrogens with zero attached hydrogens (tertiary/aromatic N) is 6. The summed E-state index contributed by atoms with van der Waals surface area (Å²) >= 11 is 0. The fourth-order valence-electron chi connectivity index (χ4n) is 4.52. The molecule has 1 fully saturated rings. The molecule has 4 aromatic rings. The van der Waals surface area contributed by atoms with Crippen LogP contribution in [0.4, 0.5) is 14.5 Å². The van der Waals surface area contributed by atoms with Crippen LogP contribution >= 0.6 is 0 Å². The van der Waals surface area contributed by atoms with Gasteiger partial charge >= 0.3 is 0 Å². The van der Waals surface area contributed by atoms with E-state index >= 15 is 0 Å². The lowest BCUT2D eigenvalue weighted by atomic mass is 10.0. The first-order valence-electron chi connectivity index (χ1n) is 11.5. The second kappa shape index (κ2) is 10.2. The molecule has 180 valence electrons. The van der Waals surface area contributed by atoms with Gasteiger partial charge in [-0.25, -0.2) is 13.5 Å². The Bertz CT molecular complexity index is 1250. The molecule has 9 heteroatoms. The Balaban J connectivity index is 1.43. The largest absolute Gasteiger partial charge is 0.497 e. The van der Waals surface area contributed by atoms with Gasteiger partial charge in [-0.15, -0.1) is 5.10 Å². The van der Waals surface area contributed by atoms with Crippen LogP contribution in [0.25, 0.3) is 0 Å². The van der Waals surface area contributed by atoms with E-state index in [1.54, 1.807) is 30.0 Å². The molecule has 2 heterocycles. The highest BCUT2D eigenvalue weighted by molar-refractivity contribution is 5.48. The average Bonchev–Trinajstić information content (AvgIpc) is 3.34. The highest BCUT2D eigenvalue weighted by Gasteiger charge is 2.31. The van der Waals surface area contributed by atoms with Crippen molar-refractivity contribution in [3.05, 3.63) is 101 Å². The van der Waals surface area contributed by atoms with Gasteiger partial charge in [-0.1, -0.05) is 36.4 Å². The zero-order valence-corrected chi connectivity index (χ0v) is 19.4. The topological polar surface area (TPSA) is 59.3 Å². The predicted molar refractivity (Wildman–Crippen MR) is 128 cm³/mol. The lowest BCUT2D eigenvalue weighted by Gasteiger charge is -2.40. The molecule has 3 aromatic carbocycles. The van der Waals surface area contributed by atoms with Crippen LogP contribution in [0.3, 0.4) is 0 Å². The minimum atomic E-state index is -0.283. The van der Waals surface area contributed by atoms with Gasteiger partial charge < -0.3 is 9.64 Å². The van der Waals surface area contributed by atoms with E-state index in [0.717, 1.165) is 16.9 Å². The third-order valence-corrected chi connectivity index (χ3v) is 6.35. The van der Waals surface area contributed by atoms with Gasteiger partial charge in [-0.2, -0.15) is 0 Å². The van der Waals surface area contributed by atoms with Gasteiger partial charge in [0.1, 0.15) is 17.4 Å². The van der Waals surface area contributed by atoms with Gasteiger partial charge in [0, 0.05) is 26.2 Å². The standard InChI is InChI=1S/C26H26F2N6O/c1-35-22-12-8-20(9-13-22)25(26-29-30-31-34(26)18-19-6-10-21(27)11-7-19)33-16-14-32(15-17-33)24-5-3-2-4-23(24)28/h2-13,25H,14-18H2,1H3. The summed E-state index contributed by atoms with van der Waals surface area (Å²) in [7, 11) is 1.64. The van der Waals surface area contributed by atoms with Gasteiger partial charge in [-0.05, 0) is 58.0 Å². The summed E-state index contributed by atoms with van der Waals surface area (Å²) in [5.74, 6) is 0.965. The quantitative estimate of drug-likeness (QED) is 0.403.